The van der Waals surface area contributed by atoms with E-state index in [0.717, 1.165) is 50.5 Å². The molecule has 34 heavy (non-hydrogen) atoms. The molecular formula is C24H36AsN7O2. The Balaban J connectivity index is 1.29. The summed E-state index contributed by atoms with van der Waals surface area (Å²) in [6, 6.07) is 3.11. The van der Waals surface area contributed by atoms with Crippen LogP contribution in [0.15, 0.2) is 23.5 Å². The van der Waals surface area contributed by atoms with Crippen molar-refractivity contribution in [3.8, 4) is 0 Å². The number of anilines is 1. The van der Waals surface area contributed by atoms with Crippen LogP contribution in [0.5, 0.6) is 0 Å². The van der Waals surface area contributed by atoms with Crippen molar-refractivity contribution in [2.75, 3.05) is 37.9 Å². The first-order chi connectivity index (χ1) is 16.2. The molecule has 184 valence electrons. The van der Waals surface area contributed by atoms with E-state index in [-0.39, 0.29) is 16.9 Å². The molecule has 10 heteroatoms. The Kier molecular flexibility index (Phi) is 6.32. The van der Waals surface area contributed by atoms with Gasteiger partial charge in [-0.2, -0.15) is 0 Å². The molecule has 2 saturated heterocycles. The topological polar surface area (TPSA) is 77.1 Å². The van der Waals surface area contributed by atoms with Crippen molar-refractivity contribution in [2.24, 2.45) is 0 Å². The van der Waals surface area contributed by atoms with Crippen molar-refractivity contribution < 1.29 is 9.53 Å². The van der Waals surface area contributed by atoms with E-state index in [1.807, 2.05) is 22.9 Å². The molecule has 2 amide bonds. The maximum atomic E-state index is 13.9. The summed E-state index contributed by atoms with van der Waals surface area (Å²) in [4.78, 5) is 29.7. The van der Waals surface area contributed by atoms with Crippen molar-refractivity contribution in [1.29, 1.82) is 0 Å². The van der Waals surface area contributed by atoms with Gasteiger partial charge in [-0.1, -0.05) is 0 Å². The van der Waals surface area contributed by atoms with E-state index in [2.05, 4.69) is 69.7 Å². The Bertz CT molecular complexity index is 980. The van der Waals surface area contributed by atoms with Crippen molar-refractivity contribution in [3.05, 3.63) is 29.2 Å². The second-order valence-corrected chi connectivity index (χ2v) is 11.6. The average Bonchev–Trinajstić information content (AvgIpc) is 3.28. The Hall–Kier alpha value is -1.83. The molecule has 0 aliphatic carbocycles. The van der Waals surface area contributed by atoms with Gasteiger partial charge < -0.3 is 4.74 Å². The van der Waals surface area contributed by atoms with E-state index < -0.39 is 5.54 Å². The summed E-state index contributed by atoms with van der Waals surface area (Å²) in [5.74, 6) is 0.653. The van der Waals surface area contributed by atoms with Crippen LogP contribution in [0.2, 0.25) is 0 Å². The first kappa shape index (κ1) is 23.9. The van der Waals surface area contributed by atoms with Crippen LogP contribution in [0.4, 0.5) is 10.7 Å². The van der Waals surface area contributed by atoms with Crippen LogP contribution in [0.1, 0.15) is 46.2 Å². The second-order valence-electron chi connectivity index (χ2n) is 10.6. The summed E-state index contributed by atoms with van der Waals surface area (Å²) < 4.78 is 5.57. The zero-order chi connectivity index (χ0) is 24.2. The minimum absolute atomic E-state index is 0.0167. The molecule has 0 spiro atoms. The van der Waals surface area contributed by atoms with Crippen molar-refractivity contribution in [1.82, 2.24) is 30.1 Å². The van der Waals surface area contributed by atoms with Gasteiger partial charge >= 0.3 is 207 Å². The van der Waals surface area contributed by atoms with Crippen LogP contribution in [0.3, 0.4) is 0 Å². The molecule has 1 aromatic rings. The molecule has 5 heterocycles. The van der Waals surface area contributed by atoms with Gasteiger partial charge in [0.05, 0.1) is 0 Å². The number of piperazine rings is 1. The summed E-state index contributed by atoms with van der Waals surface area (Å²) in [6.45, 7) is 14.7. The number of ether oxygens (including phenoxy) is 1. The molecule has 1 N–H and O–H groups in total. The van der Waals surface area contributed by atoms with Gasteiger partial charge in [0, 0.05) is 0 Å². The van der Waals surface area contributed by atoms with Crippen LogP contribution >= 0.6 is 0 Å². The number of nitrogens with zero attached hydrogens (tertiary/aromatic N) is 6. The Labute approximate surface area is 211 Å². The third-order valence-corrected chi connectivity index (χ3v) is 9.03. The summed E-state index contributed by atoms with van der Waals surface area (Å²) >= 11 is 2.71. The molecule has 3 atom stereocenters. The first-order valence-corrected chi connectivity index (χ1v) is 13.5. The fraction of sp³-hybridized carbons (Fsp3) is 0.708. The van der Waals surface area contributed by atoms with E-state index in [4.69, 9.17) is 4.74 Å². The molecule has 2 radical (unpaired) electrons. The second kappa shape index (κ2) is 8.99. The van der Waals surface area contributed by atoms with Gasteiger partial charge in [-0.05, 0) is 0 Å². The van der Waals surface area contributed by atoms with Crippen molar-refractivity contribution >= 4 is 28.8 Å². The van der Waals surface area contributed by atoms with Gasteiger partial charge in [0.25, 0.3) is 0 Å². The zero-order valence-electron chi connectivity index (χ0n) is 20.9. The predicted octanol–water partition coefficient (Wildman–Crippen LogP) is 1.65. The van der Waals surface area contributed by atoms with Gasteiger partial charge in [-0.3, -0.25) is 0 Å². The molecule has 1 unspecified atom stereocenters. The van der Waals surface area contributed by atoms with E-state index in [1.165, 1.54) is 5.57 Å². The maximum absolute atomic E-state index is 13.9. The molecule has 4 aliphatic rings. The molecule has 5 rings (SSSR count). The zero-order valence-corrected chi connectivity index (χ0v) is 22.7. The Morgan fingerprint density at radius 1 is 1.21 bits per heavy atom. The van der Waals surface area contributed by atoms with Gasteiger partial charge in [0.2, 0.25) is 0 Å². The SMILES string of the molecule is Cc1ccnc(N2NC3=C(CN(C(=O)N4C[C@@H](C)N(C5CCOCC5)C[C@@H]4C)C3(C)C)C2[As])n1. The predicted molar refractivity (Wildman–Crippen MR) is 131 cm³/mol. The Morgan fingerprint density at radius 3 is 2.62 bits per heavy atom. The third-order valence-electron chi connectivity index (χ3n) is 7.89. The van der Waals surface area contributed by atoms with Crippen LogP contribution in [-0.2, 0) is 4.74 Å². The fourth-order valence-corrected chi connectivity index (χ4v) is 6.63. The van der Waals surface area contributed by atoms with Crippen LogP contribution in [0.25, 0.3) is 0 Å². The number of amides is 2. The normalized spacial score (nSPS) is 30.1. The van der Waals surface area contributed by atoms with E-state index >= 15 is 0 Å². The van der Waals surface area contributed by atoms with Crippen LogP contribution in [-0.4, -0.2) is 109 Å². The van der Waals surface area contributed by atoms with Gasteiger partial charge in [0.15, 0.2) is 0 Å². The van der Waals surface area contributed by atoms with Crippen LogP contribution in [0, 0.1) is 6.92 Å². The molecule has 0 saturated carbocycles. The number of carbonyl (C=O) groups is 1. The standard InChI is InChI=1S/C24H36AsN7O2/c1-15-6-9-26-22(27-15)32-21(25)19-14-31(24(4,5)20(19)28-32)23(33)30-13-16(2)29(12-17(30)3)18-7-10-34-11-8-18/h6,9,16-18,21,28H,7-8,10-14H2,1-5H3/t16-,17+,21?/m1/s1. The van der Waals surface area contributed by atoms with Gasteiger partial charge in [-0.25, -0.2) is 0 Å². The number of nitrogens with one attached hydrogen (secondary N) is 1. The first-order valence-electron chi connectivity index (χ1n) is 12.4. The summed E-state index contributed by atoms with van der Waals surface area (Å²) in [5, 5.41) is 2.00. The van der Waals surface area contributed by atoms with E-state index in [9.17, 15) is 4.79 Å². The van der Waals surface area contributed by atoms with Crippen LogP contribution < -0.4 is 10.4 Å². The molecule has 4 aliphatic heterocycles. The molecule has 2 fully saturated rings. The summed E-state index contributed by atoms with van der Waals surface area (Å²) in [6.07, 6.45) is 3.96. The minimum atomic E-state index is -0.441. The fourth-order valence-electron chi connectivity index (χ4n) is 5.85. The third kappa shape index (κ3) is 3.99. The van der Waals surface area contributed by atoms with Crippen molar-refractivity contribution in [2.45, 2.75) is 76.0 Å². The summed E-state index contributed by atoms with van der Waals surface area (Å²) in [7, 11) is 0. The van der Waals surface area contributed by atoms with Gasteiger partial charge in [0.1, 0.15) is 0 Å². The summed E-state index contributed by atoms with van der Waals surface area (Å²) in [5.41, 5.74) is 6.32. The van der Waals surface area contributed by atoms with E-state index in [1.54, 1.807) is 6.20 Å². The number of hydrogen-bond acceptors (Lipinski definition) is 7. The number of aromatic nitrogens is 2. The molecule has 0 aromatic carbocycles. The van der Waals surface area contributed by atoms with Gasteiger partial charge in [-0.15, -0.1) is 0 Å². The molecular weight excluding hydrogens is 493 g/mol. The van der Waals surface area contributed by atoms with Crippen molar-refractivity contribution in [3.63, 3.8) is 0 Å². The monoisotopic (exact) mass is 529 g/mol. The number of hydrogen-bond donors (Lipinski definition) is 1. The molecule has 9 nitrogen and oxygen atoms in total. The average molecular weight is 530 g/mol. The number of carbonyl (C=O) groups excluding carboxylic acids is 1. The molecule has 0 bridgehead atoms. The molecule has 1 aromatic heterocycles. The number of rotatable bonds is 2. The van der Waals surface area contributed by atoms with E-state index in [0.29, 0.717) is 24.6 Å². The quantitative estimate of drug-likeness (QED) is 0.584. The number of hydrazine groups is 1. The number of aryl methyl sites for hydroxylation is 1. The number of urea groups is 1. The Morgan fingerprint density at radius 2 is 1.94 bits per heavy atom.